The SMILES string of the molecule is CCn1cc(I)c(N)n1. The lowest BCUT2D eigenvalue weighted by Gasteiger charge is -1.88. The predicted molar refractivity (Wildman–Crippen MR) is 45.0 cm³/mol. The molecule has 0 amide bonds. The van der Waals surface area contributed by atoms with Crippen LogP contribution in [0.5, 0.6) is 0 Å². The van der Waals surface area contributed by atoms with Gasteiger partial charge in [-0.3, -0.25) is 4.68 Å². The van der Waals surface area contributed by atoms with Gasteiger partial charge in [-0.15, -0.1) is 0 Å². The normalized spacial score (nSPS) is 10.0. The van der Waals surface area contributed by atoms with Gasteiger partial charge in [0.15, 0.2) is 5.82 Å². The Labute approximate surface area is 67.4 Å². The number of anilines is 1. The van der Waals surface area contributed by atoms with E-state index in [0.29, 0.717) is 5.82 Å². The molecule has 2 N–H and O–H groups in total. The Morgan fingerprint density at radius 3 is 2.78 bits per heavy atom. The van der Waals surface area contributed by atoms with Gasteiger partial charge in [0.2, 0.25) is 0 Å². The van der Waals surface area contributed by atoms with Crippen molar-refractivity contribution in [1.29, 1.82) is 0 Å². The van der Waals surface area contributed by atoms with Crippen molar-refractivity contribution in [1.82, 2.24) is 9.78 Å². The number of nitrogens with zero attached hydrogens (tertiary/aromatic N) is 2. The summed E-state index contributed by atoms with van der Waals surface area (Å²) in [5, 5.41) is 4.02. The lowest BCUT2D eigenvalue weighted by atomic mass is 10.7. The van der Waals surface area contributed by atoms with Crippen LogP contribution in [0.15, 0.2) is 6.20 Å². The first-order chi connectivity index (χ1) is 4.24. The highest BCUT2D eigenvalue weighted by Crippen LogP contribution is 2.10. The van der Waals surface area contributed by atoms with E-state index in [1.807, 2.05) is 17.8 Å². The summed E-state index contributed by atoms with van der Waals surface area (Å²) in [6.45, 7) is 2.91. The Bertz CT molecular complexity index is 186. The van der Waals surface area contributed by atoms with Crippen LogP contribution in [0, 0.1) is 3.57 Å². The Morgan fingerprint density at radius 1 is 1.89 bits per heavy atom. The largest absolute Gasteiger partial charge is 0.381 e. The predicted octanol–water partition coefficient (Wildman–Crippen LogP) is 1.09. The highest BCUT2D eigenvalue weighted by Gasteiger charge is 1.97. The van der Waals surface area contributed by atoms with Gasteiger partial charge < -0.3 is 5.73 Å². The van der Waals surface area contributed by atoms with Crippen molar-refractivity contribution in [3.63, 3.8) is 0 Å². The zero-order valence-electron chi connectivity index (χ0n) is 5.13. The van der Waals surface area contributed by atoms with Gasteiger partial charge in [0.05, 0.1) is 3.57 Å². The van der Waals surface area contributed by atoms with Crippen molar-refractivity contribution in [3.8, 4) is 0 Å². The molecule has 0 fully saturated rings. The van der Waals surface area contributed by atoms with Crippen LogP contribution in [0.1, 0.15) is 6.92 Å². The summed E-state index contributed by atoms with van der Waals surface area (Å²) in [7, 11) is 0. The van der Waals surface area contributed by atoms with Gasteiger partial charge in [-0.2, -0.15) is 5.10 Å². The molecular formula is C5H8IN3. The molecule has 0 aliphatic heterocycles. The third-order valence-corrected chi connectivity index (χ3v) is 1.90. The first kappa shape index (κ1) is 6.85. The molecule has 0 saturated heterocycles. The molecule has 0 unspecified atom stereocenters. The van der Waals surface area contributed by atoms with Gasteiger partial charge in [0.25, 0.3) is 0 Å². The Hall–Kier alpha value is -0.260. The summed E-state index contributed by atoms with van der Waals surface area (Å²) in [4.78, 5) is 0. The molecule has 0 spiro atoms. The molecule has 0 saturated carbocycles. The van der Waals surface area contributed by atoms with E-state index in [1.165, 1.54) is 0 Å². The Morgan fingerprint density at radius 2 is 2.56 bits per heavy atom. The van der Waals surface area contributed by atoms with Crippen molar-refractivity contribution < 1.29 is 0 Å². The zero-order valence-corrected chi connectivity index (χ0v) is 7.29. The van der Waals surface area contributed by atoms with Gasteiger partial charge in [0, 0.05) is 12.7 Å². The highest BCUT2D eigenvalue weighted by atomic mass is 127. The average molecular weight is 237 g/mol. The van der Waals surface area contributed by atoms with Gasteiger partial charge >= 0.3 is 0 Å². The summed E-state index contributed by atoms with van der Waals surface area (Å²) < 4.78 is 2.84. The van der Waals surface area contributed by atoms with Crippen molar-refractivity contribution in [2.75, 3.05) is 5.73 Å². The summed E-state index contributed by atoms with van der Waals surface area (Å²) in [5.74, 6) is 0.623. The van der Waals surface area contributed by atoms with Crippen LogP contribution in [-0.4, -0.2) is 9.78 Å². The molecule has 0 bridgehead atoms. The van der Waals surface area contributed by atoms with Gasteiger partial charge in [-0.25, -0.2) is 0 Å². The maximum atomic E-state index is 5.48. The second-order valence-electron chi connectivity index (χ2n) is 1.72. The topological polar surface area (TPSA) is 43.8 Å². The molecule has 1 heterocycles. The van der Waals surface area contributed by atoms with E-state index in [9.17, 15) is 0 Å². The molecule has 0 aliphatic carbocycles. The van der Waals surface area contributed by atoms with Crippen LogP contribution in [0.2, 0.25) is 0 Å². The lowest BCUT2D eigenvalue weighted by Crippen LogP contribution is -1.95. The van der Waals surface area contributed by atoms with E-state index in [2.05, 4.69) is 27.7 Å². The molecule has 1 aromatic rings. The smallest absolute Gasteiger partial charge is 0.158 e. The minimum Gasteiger partial charge on any atom is -0.381 e. The minimum atomic E-state index is 0.623. The molecular weight excluding hydrogens is 229 g/mol. The van der Waals surface area contributed by atoms with Gasteiger partial charge in [0.1, 0.15) is 0 Å². The van der Waals surface area contributed by atoms with E-state index in [1.54, 1.807) is 0 Å². The minimum absolute atomic E-state index is 0.623. The van der Waals surface area contributed by atoms with Crippen LogP contribution in [0.3, 0.4) is 0 Å². The Kier molecular flexibility index (Phi) is 1.94. The van der Waals surface area contributed by atoms with E-state index in [4.69, 9.17) is 5.73 Å². The quantitative estimate of drug-likeness (QED) is 0.743. The molecule has 3 nitrogen and oxygen atoms in total. The summed E-state index contributed by atoms with van der Waals surface area (Å²) in [6, 6.07) is 0. The van der Waals surface area contributed by atoms with Crippen molar-refractivity contribution >= 4 is 28.4 Å². The third-order valence-electron chi connectivity index (χ3n) is 1.07. The van der Waals surface area contributed by atoms with Crippen molar-refractivity contribution in [2.45, 2.75) is 13.5 Å². The molecule has 9 heavy (non-hydrogen) atoms. The fraction of sp³-hybridized carbons (Fsp3) is 0.400. The monoisotopic (exact) mass is 237 g/mol. The fourth-order valence-corrected chi connectivity index (χ4v) is 1.00. The number of rotatable bonds is 1. The molecule has 0 radical (unpaired) electrons. The third kappa shape index (κ3) is 1.35. The van der Waals surface area contributed by atoms with E-state index in [0.717, 1.165) is 10.1 Å². The molecule has 4 heteroatoms. The highest BCUT2D eigenvalue weighted by molar-refractivity contribution is 14.1. The van der Waals surface area contributed by atoms with Crippen molar-refractivity contribution in [3.05, 3.63) is 9.77 Å². The molecule has 0 aliphatic rings. The maximum absolute atomic E-state index is 5.48. The summed E-state index contributed by atoms with van der Waals surface area (Å²) >= 11 is 2.16. The first-order valence-electron chi connectivity index (χ1n) is 2.72. The first-order valence-corrected chi connectivity index (χ1v) is 3.80. The second kappa shape index (κ2) is 2.55. The van der Waals surface area contributed by atoms with E-state index < -0.39 is 0 Å². The van der Waals surface area contributed by atoms with Crippen LogP contribution in [0.25, 0.3) is 0 Å². The number of nitrogens with two attached hydrogens (primary N) is 1. The fourth-order valence-electron chi connectivity index (χ4n) is 0.574. The number of aromatic nitrogens is 2. The van der Waals surface area contributed by atoms with Crippen molar-refractivity contribution in [2.24, 2.45) is 0 Å². The summed E-state index contributed by atoms with van der Waals surface area (Å²) in [5.41, 5.74) is 5.48. The van der Waals surface area contributed by atoms with Crippen LogP contribution in [-0.2, 0) is 6.54 Å². The maximum Gasteiger partial charge on any atom is 0.158 e. The molecule has 0 aromatic carbocycles. The number of aryl methyl sites for hydroxylation is 1. The van der Waals surface area contributed by atoms with Crippen LogP contribution < -0.4 is 5.73 Å². The average Bonchev–Trinajstić information content (AvgIpc) is 2.13. The lowest BCUT2D eigenvalue weighted by molar-refractivity contribution is 0.662. The molecule has 0 atom stereocenters. The van der Waals surface area contributed by atoms with E-state index in [-0.39, 0.29) is 0 Å². The van der Waals surface area contributed by atoms with E-state index >= 15 is 0 Å². The van der Waals surface area contributed by atoms with Crippen LogP contribution in [0.4, 0.5) is 5.82 Å². The second-order valence-corrected chi connectivity index (χ2v) is 2.88. The molecule has 1 aromatic heterocycles. The zero-order chi connectivity index (χ0) is 6.85. The number of hydrogen-bond acceptors (Lipinski definition) is 2. The van der Waals surface area contributed by atoms with Crippen LogP contribution >= 0.6 is 22.6 Å². The molecule has 1 rings (SSSR count). The Balaban J connectivity index is 2.98. The summed E-state index contributed by atoms with van der Waals surface area (Å²) in [6.07, 6.45) is 1.93. The number of nitrogen functional groups attached to an aromatic ring is 1. The number of halogens is 1. The van der Waals surface area contributed by atoms with Gasteiger partial charge in [-0.1, -0.05) is 0 Å². The standard InChI is InChI=1S/C5H8IN3/c1-2-9-3-4(6)5(7)8-9/h3H,2H2,1H3,(H2,7,8). The van der Waals surface area contributed by atoms with Gasteiger partial charge in [-0.05, 0) is 29.5 Å². The molecule has 50 valence electrons. The number of hydrogen-bond donors (Lipinski definition) is 1.